The number of primary sulfonamides is 1. The van der Waals surface area contributed by atoms with Crippen LogP contribution in [0.4, 0.5) is 9.18 Å². The molecule has 30 heavy (non-hydrogen) atoms. The monoisotopic (exact) mass is 435 g/mol. The van der Waals surface area contributed by atoms with Crippen LogP contribution in [-0.4, -0.2) is 41.6 Å². The minimum atomic E-state index is -4.12. The highest BCUT2D eigenvalue weighted by atomic mass is 32.2. The minimum Gasteiger partial charge on any atom is -0.494 e. The summed E-state index contributed by atoms with van der Waals surface area (Å²) in [6, 6.07) is 10.3. The molecule has 158 valence electrons. The van der Waals surface area contributed by atoms with Crippen molar-refractivity contribution >= 4 is 16.1 Å². The van der Waals surface area contributed by atoms with Crippen molar-refractivity contribution in [1.82, 2.24) is 14.8 Å². The molecule has 0 saturated carbocycles. The Kier molecular flexibility index (Phi) is 5.73. The highest BCUT2D eigenvalue weighted by molar-refractivity contribution is 7.89. The molecule has 5 N–H and O–H groups in total. The first-order chi connectivity index (χ1) is 14.1. The summed E-state index contributed by atoms with van der Waals surface area (Å²) >= 11 is 0. The van der Waals surface area contributed by atoms with Crippen molar-refractivity contribution in [3.05, 3.63) is 60.0 Å². The van der Waals surface area contributed by atoms with Crippen LogP contribution in [0.5, 0.6) is 5.75 Å². The maximum Gasteiger partial charge on any atom is 0.338 e. The number of amides is 2. The van der Waals surface area contributed by atoms with Crippen molar-refractivity contribution in [3.63, 3.8) is 0 Å². The number of hydroxylamine groups is 2. The molecule has 2 aromatic carbocycles. The number of benzene rings is 2. The first kappa shape index (κ1) is 21.2. The summed E-state index contributed by atoms with van der Waals surface area (Å²) in [5.41, 5.74) is 5.90. The van der Waals surface area contributed by atoms with Crippen molar-refractivity contribution in [3.8, 4) is 22.7 Å². The lowest BCUT2D eigenvalue weighted by Crippen LogP contribution is -2.32. The molecule has 0 bridgehead atoms. The van der Waals surface area contributed by atoms with Crippen molar-refractivity contribution in [2.75, 3.05) is 7.11 Å². The highest BCUT2D eigenvalue weighted by Gasteiger charge is 2.21. The van der Waals surface area contributed by atoms with Crippen molar-refractivity contribution in [2.45, 2.75) is 11.4 Å². The summed E-state index contributed by atoms with van der Waals surface area (Å²) in [6.07, 6.45) is 0. The van der Waals surface area contributed by atoms with Crippen LogP contribution >= 0.6 is 0 Å². The maximum absolute atomic E-state index is 14.3. The van der Waals surface area contributed by atoms with E-state index in [9.17, 15) is 22.8 Å². The van der Waals surface area contributed by atoms with Gasteiger partial charge in [0, 0.05) is 5.56 Å². The largest absolute Gasteiger partial charge is 0.494 e. The van der Waals surface area contributed by atoms with E-state index in [4.69, 9.17) is 15.6 Å². The Morgan fingerprint density at radius 2 is 1.97 bits per heavy atom. The van der Waals surface area contributed by atoms with Gasteiger partial charge in [0.1, 0.15) is 4.90 Å². The van der Waals surface area contributed by atoms with Crippen LogP contribution in [0.2, 0.25) is 0 Å². The van der Waals surface area contributed by atoms with Gasteiger partial charge in [-0.15, -0.1) is 0 Å². The standard InChI is InChI=1S/C18H18FN5O5S/c1-29-16-7-6-11(8-13(16)19)15-9-12(10-23(26)18(20)25)22-24(15)14-4-2-3-5-17(14)30(21,27)28/h2-9,26H,10H2,1H3,(H2,20,25)(H2,21,27,28). The average Bonchev–Trinajstić information content (AvgIpc) is 3.10. The second kappa shape index (κ2) is 8.10. The fourth-order valence-corrected chi connectivity index (χ4v) is 3.54. The van der Waals surface area contributed by atoms with E-state index >= 15 is 0 Å². The summed E-state index contributed by atoms with van der Waals surface area (Å²) in [4.78, 5) is 10.9. The minimum absolute atomic E-state index is 0.0187. The van der Waals surface area contributed by atoms with Gasteiger partial charge in [0.05, 0.1) is 30.7 Å². The van der Waals surface area contributed by atoms with Gasteiger partial charge in [0.2, 0.25) is 10.0 Å². The van der Waals surface area contributed by atoms with Crippen LogP contribution in [0, 0.1) is 5.82 Å². The van der Waals surface area contributed by atoms with E-state index in [1.165, 1.54) is 48.2 Å². The highest BCUT2D eigenvalue weighted by Crippen LogP contribution is 2.30. The van der Waals surface area contributed by atoms with Gasteiger partial charge < -0.3 is 10.5 Å². The van der Waals surface area contributed by atoms with E-state index in [1.807, 2.05) is 0 Å². The van der Waals surface area contributed by atoms with Gasteiger partial charge in [-0.3, -0.25) is 5.21 Å². The summed E-state index contributed by atoms with van der Waals surface area (Å²) in [5, 5.41) is 19.4. The fourth-order valence-electron chi connectivity index (χ4n) is 2.83. The number of halogens is 1. The van der Waals surface area contributed by atoms with Gasteiger partial charge in [-0.2, -0.15) is 5.10 Å². The van der Waals surface area contributed by atoms with Gasteiger partial charge >= 0.3 is 6.03 Å². The van der Waals surface area contributed by atoms with Crippen LogP contribution in [0.1, 0.15) is 5.69 Å². The summed E-state index contributed by atoms with van der Waals surface area (Å²) < 4.78 is 44.5. The molecule has 2 amide bonds. The third kappa shape index (κ3) is 4.25. The molecule has 0 radical (unpaired) electrons. The maximum atomic E-state index is 14.3. The van der Waals surface area contributed by atoms with E-state index in [1.54, 1.807) is 12.1 Å². The summed E-state index contributed by atoms with van der Waals surface area (Å²) in [5.74, 6) is -0.629. The van der Waals surface area contributed by atoms with E-state index in [-0.39, 0.29) is 39.3 Å². The lowest BCUT2D eigenvalue weighted by Gasteiger charge is -2.12. The molecule has 0 saturated heterocycles. The quantitative estimate of drug-likeness (QED) is 0.395. The van der Waals surface area contributed by atoms with Crippen LogP contribution in [0.3, 0.4) is 0 Å². The number of carbonyl (C=O) groups is 1. The molecular formula is C18H18FN5O5S. The molecule has 0 fully saturated rings. The van der Waals surface area contributed by atoms with Crippen LogP contribution < -0.4 is 15.6 Å². The molecular weight excluding hydrogens is 417 g/mol. The molecule has 1 heterocycles. The number of sulfonamides is 1. The molecule has 0 aliphatic carbocycles. The zero-order chi connectivity index (χ0) is 22.1. The summed E-state index contributed by atoms with van der Waals surface area (Å²) in [7, 11) is -2.79. The summed E-state index contributed by atoms with van der Waals surface area (Å²) in [6.45, 7) is -0.383. The van der Waals surface area contributed by atoms with Crippen LogP contribution in [-0.2, 0) is 16.6 Å². The Labute approximate surface area is 171 Å². The fraction of sp³-hybridized carbons (Fsp3) is 0.111. The average molecular weight is 435 g/mol. The number of hydrogen-bond acceptors (Lipinski definition) is 6. The predicted molar refractivity (Wildman–Crippen MR) is 104 cm³/mol. The Balaban J connectivity index is 2.23. The number of aromatic nitrogens is 2. The SMILES string of the molecule is COc1ccc(-c2cc(CN(O)C(N)=O)nn2-c2ccccc2S(N)(=O)=O)cc1F. The topological polar surface area (TPSA) is 154 Å². The Morgan fingerprint density at radius 1 is 1.27 bits per heavy atom. The first-order valence-electron chi connectivity index (χ1n) is 8.42. The van der Waals surface area contributed by atoms with E-state index < -0.39 is 21.9 Å². The molecule has 12 heteroatoms. The third-order valence-corrected chi connectivity index (χ3v) is 5.13. The smallest absolute Gasteiger partial charge is 0.338 e. The Hall–Kier alpha value is -3.48. The molecule has 3 rings (SSSR count). The van der Waals surface area contributed by atoms with Gasteiger partial charge in [-0.25, -0.2) is 32.5 Å². The van der Waals surface area contributed by atoms with Gasteiger partial charge in [-0.05, 0) is 36.4 Å². The number of rotatable bonds is 6. The van der Waals surface area contributed by atoms with Crippen molar-refractivity contribution < 1.29 is 27.5 Å². The molecule has 0 atom stereocenters. The van der Waals surface area contributed by atoms with Gasteiger partial charge in [0.15, 0.2) is 11.6 Å². The number of carbonyl (C=O) groups excluding carboxylic acids is 1. The lowest BCUT2D eigenvalue weighted by atomic mass is 10.1. The second-order valence-electron chi connectivity index (χ2n) is 6.19. The zero-order valence-corrected chi connectivity index (χ0v) is 16.5. The van der Waals surface area contributed by atoms with Crippen molar-refractivity contribution in [2.24, 2.45) is 10.9 Å². The first-order valence-corrected chi connectivity index (χ1v) is 9.97. The lowest BCUT2D eigenvalue weighted by molar-refractivity contribution is -0.0479. The third-order valence-electron chi connectivity index (χ3n) is 4.17. The van der Waals surface area contributed by atoms with Gasteiger partial charge in [-0.1, -0.05) is 12.1 Å². The number of primary amides is 1. The zero-order valence-electron chi connectivity index (χ0n) is 15.7. The molecule has 1 aromatic heterocycles. The molecule has 0 aliphatic heterocycles. The number of para-hydroxylation sites is 1. The number of ether oxygens (including phenoxy) is 1. The number of methoxy groups -OCH3 is 1. The molecule has 0 aliphatic rings. The van der Waals surface area contributed by atoms with E-state index in [2.05, 4.69) is 5.10 Å². The Morgan fingerprint density at radius 3 is 2.57 bits per heavy atom. The normalized spacial score (nSPS) is 11.3. The van der Waals surface area contributed by atoms with Crippen LogP contribution in [0.25, 0.3) is 16.9 Å². The number of urea groups is 1. The van der Waals surface area contributed by atoms with Crippen LogP contribution in [0.15, 0.2) is 53.4 Å². The number of nitrogens with zero attached hydrogens (tertiary/aromatic N) is 3. The molecule has 0 spiro atoms. The molecule has 10 nitrogen and oxygen atoms in total. The number of hydrogen-bond donors (Lipinski definition) is 3. The van der Waals surface area contributed by atoms with Crippen molar-refractivity contribution in [1.29, 1.82) is 0 Å². The van der Waals surface area contributed by atoms with Gasteiger partial charge in [0.25, 0.3) is 0 Å². The molecule has 3 aromatic rings. The second-order valence-corrected chi connectivity index (χ2v) is 7.72. The number of nitrogens with two attached hydrogens (primary N) is 2. The van der Waals surface area contributed by atoms with E-state index in [0.29, 0.717) is 5.56 Å². The Bertz CT molecular complexity index is 1210. The molecule has 0 unspecified atom stereocenters. The van der Waals surface area contributed by atoms with E-state index in [0.717, 1.165) is 0 Å². The predicted octanol–water partition coefficient (Wildman–Crippen LogP) is 1.60.